The summed E-state index contributed by atoms with van der Waals surface area (Å²) < 4.78 is 0. The summed E-state index contributed by atoms with van der Waals surface area (Å²) in [7, 11) is 0. The molecule has 0 fully saturated rings. The fourth-order valence-electron chi connectivity index (χ4n) is 2.50. The van der Waals surface area contributed by atoms with E-state index in [0.717, 1.165) is 23.4 Å². The van der Waals surface area contributed by atoms with Crippen molar-refractivity contribution in [3.63, 3.8) is 0 Å². The summed E-state index contributed by atoms with van der Waals surface area (Å²) in [5.74, 6) is 1.14. The smallest absolute Gasteiger partial charge is 0.249 e. The van der Waals surface area contributed by atoms with E-state index in [1.54, 1.807) is 6.20 Å². The third-order valence-electron chi connectivity index (χ3n) is 3.86. The summed E-state index contributed by atoms with van der Waals surface area (Å²) in [5, 5.41) is 14.7. The zero-order chi connectivity index (χ0) is 16.9. The molecule has 24 heavy (non-hydrogen) atoms. The molecule has 1 heterocycles. The Bertz CT molecular complexity index is 845. The van der Waals surface area contributed by atoms with E-state index in [4.69, 9.17) is 0 Å². The van der Waals surface area contributed by atoms with Crippen LogP contribution in [0.1, 0.15) is 23.6 Å². The van der Waals surface area contributed by atoms with Crippen LogP contribution in [0.5, 0.6) is 0 Å². The Kier molecular flexibility index (Phi) is 4.70. The molecule has 0 spiro atoms. The number of rotatable bonds is 5. The van der Waals surface area contributed by atoms with Crippen LogP contribution in [0.4, 0.5) is 23.1 Å². The van der Waals surface area contributed by atoms with Gasteiger partial charge < -0.3 is 10.6 Å². The molecule has 0 saturated heterocycles. The summed E-state index contributed by atoms with van der Waals surface area (Å²) in [4.78, 5) is 4.51. The van der Waals surface area contributed by atoms with Crippen LogP contribution in [0, 0.1) is 13.8 Å². The van der Waals surface area contributed by atoms with Crippen molar-refractivity contribution in [1.82, 2.24) is 15.2 Å². The Morgan fingerprint density at radius 2 is 1.79 bits per heavy atom. The number of para-hydroxylation sites is 1. The second kappa shape index (κ2) is 7.08. The zero-order valence-corrected chi connectivity index (χ0v) is 14.2. The molecule has 0 aliphatic carbocycles. The minimum absolute atomic E-state index is 0.478. The second-order valence-corrected chi connectivity index (χ2v) is 5.74. The van der Waals surface area contributed by atoms with Crippen LogP contribution < -0.4 is 10.6 Å². The molecule has 0 amide bonds. The monoisotopic (exact) mass is 319 g/mol. The number of aryl methyl sites for hydroxylation is 3. The van der Waals surface area contributed by atoms with Crippen molar-refractivity contribution in [2.75, 3.05) is 10.6 Å². The molecular formula is C19H21N5. The molecule has 0 unspecified atom stereocenters. The summed E-state index contributed by atoms with van der Waals surface area (Å²) in [5.41, 5.74) is 5.60. The minimum Gasteiger partial charge on any atom is -0.339 e. The van der Waals surface area contributed by atoms with Crippen molar-refractivity contribution in [3.8, 4) is 0 Å². The highest BCUT2D eigenvalue weighted by atomic mass is 15.3. The lowest BCUT2D eigenvalue weighted by molar-refractivity contribution is 0.979. The predicted octanol–water partition coefficient (Wildman–Crippen LogP) is 4.54. The number of hydrogen-bond acceptors (Lipinski definition) is 5. The second-order valence-electron chi connectivity index (χ2n) is 5.74. The topological polar surface area (TPSA) is 62.7 Å². The number of aromatic nitrogens is 3. The first-order valence-electron chi connectivity index (χ1n) is 8.04. The molecule has 0 saturated carbocycles. The Morgan fingerprint density at radius 1 is 0.958 bits per heavy atom. The summed E-state index contributed by atoms with van der Waals surface area (Å²) >= 11 is 0. The van der Waals surface area contributed by atoms with E-state index >= 15 is 0 Å². The molecule has 5 nitrogen and oxygen atoms in total. The number of nitrogens with zero attached hydrogens (tertiary/aromatic N) is 3. The zero-order valence-electron chi connectivity index (χ0n) is 14.2. The highest BCUT2D eigenvalue weighted by molar-refractivity contribution is 5.63. The van der Waals surface area contributed by atoms with E-state index in [-0.39, 0.29) is 0 Å². The largest absolute Gasteiger partial charge is 0.339 e. The van der Waals surface area contributed by atoms with Crippen LogP contribution in [-0.4, -0.2) is 15.2 Å². The maximum absolute atomic E-state index is 4.51. The first-order valence-corrected chi connectivity index (χ1v) is 8.04. The highest BCUT2D eigenvalue weighted by Gasteiger charge is 2.06. The van der Waals surface area contributed by atoms with Gasteiger partial charge in [0.1, 0.15) is 0 Å². The van der Waals surface area contributed by atoms with Gasteiger partial charge in [-0.1, -0.05) is 37.3 Å². The molecule has 2 aromatic carbocycles. The van der Waals surface area contributed by atoms with Gasteiger partial charge in [-0.2, -0.15) is 10.1 Å². The van der Waals surface area contributed by atoms with Crippen molar-refractivity contribution in [1.29, 1.82) is 0 Å². The number of benzene rings is 2. The Balaban J connectivity index is 1.83. The van der Waals surface area contributed by atoms with Crippen molar-refractivity contribution in [2.24, 2.45) is 0 Å². The van der Waals surface area contributed by atoms with E-state index < -0.39 is 0 Å². The molecule has 122 valence electrons. The van der Waals surface area contributed by atoms with Crippen molar-refractivity contribution in [3.05, 3.63) is 65.4 Å². The van der Waals surface area contributed by atoms with Crippen molar-refractivity contribution < 1.29 is 0 Å². The van der Waals surface area contributed by atoms with Crippen LogP contribution in [0.3, 0.4) is 0 Å². The van der Waals surface area contributed by atoms with Gasteiger partial charge >= 0.3 is 0 Å². The van der Waals surface area contributed by atoms with E-state index in [0.29, 0.717) is 11.8 Å². The average molecular weight is 319 g/mol. The molecule has 0 bridgehead atoms. The predicted molar refractivity (Wildman–Crippen MR) is 98.1 cm³/mol. The number of anilines is 4. The highest BCUT2D eigenvalue weighted by Crippen LogP contribution is 2.22. The third-order valence-corrected chi connectivity index (χ3v) is 3.86. The SMILES string of the molecule is CCc1ccccc1Nc1nncc(Nc2cc(C)ccc2C)n1. The number of hydrogen-bond donors (Lipinski definition) is 2. The van der Waals surface area contributed by atoms with Gasteiger partial charge in [-0.15, -0.1) is 5.10 Å². The quantitative estimate of drug-likeness (QED) is 0.723. The summed E-state index contributed by atoms with van der Waals surface area (Å²) in [6, 6.07) is 14.4. The Hall–Kier alpha value is -2.95. The van der Waals surface area contributed by atoms with Crippen LogP contribution in [-0.2, 0) is 6.42 Å². The lowest BCUT2D eigenvalue weighted by atomic mass is 10.1. The van der Waals surface area contributed by atoms with Crippen molar-refractivity contribution in [2.45, 2.75) is 27.2 Å². The molecular weight excluding hydrogens is 298 g/mol. The normalized spacial score (nSPS) is 10.5. The van der Waals surface area contributed by atoms with Crippen LogP contribution in [0.2, 0.25) is 0 Å². The fourth-order valence-corrected chi connectivity index (χ4v) is 2.50. The van der Waals surface area contributed by atoms with Crippen LogP contribution >= 0.6 is 0 Å². The maximum atomic E-state index is 4.51. The van der Waals surface area contributed by atoms with Crippen LogP contribution in [0.25, 0.3) is 0 Å². The van der Waals surface area contributed by atoms with Gasteiger partial charge in [-0.05, 0) is 49.1 Å². The molecule has 3 aromatic rings. The van der Waals surface area contributed by atoms with E-state index in [1.165, 1.54) is 11.1 Å². The lowest BCUT2D eigenvalue weighted by Gasteiger charge is -2.12. The Morgan fingerprint density at radius 3 is 2.62 bits per heavy atom. The molecule has 2 N–H and O–H groups in total. The first-order chi connectivity index (χ1) is 11.7. The molecule has 1 aromatic heterocycles. The van der Waals surface area contributed by atoms with Crippen LogP contribution in [0.15, 0.2) is 48.7 Å². The van der Waals surface area contributed by atoms with Crippen molar-refractivity contribution >= 4 is 23.1 Å². The van der Waals surface area contributed by atoms with E-state index in [1.807, 2.05) is 18.2 Å². The maximum Gasteiger partial charge on any atom is 0.249 e. The van der Waals surface area contributed by atoms with E-state index in [2.05, 4.69) is 70.9 Å². The summed E-state index contributed by atoms with van der Waals surface area (Å²) in [6.07, 6.45) is 2.57. The van der Waals surface area contributed by atoms with Gasteiger partial charge in [0.2, 0.25) is 5.95 Å². The standard InChI is InChI=1S/C19H21N5/c1-4-15-7-5-6-8-16(15)22-19-23-18(12-20-24-19)21-17-11-13(2)9-10-14(17)3/h5-12H,4H2,1-3H3,(H2,21,22,23,24). The number of nitrogens with one attached hydrogen (secondary N) is 2. The minimum atomic E-state index is 0.478. The lowest BCUT2D eigenvalue weighted by Crippen LogP contribution is -2.04. The third kappa shape index (κ3) is 3.68. The fraction of sp³-hybridized carbons (Fsp3) is 0.211. The molecule has 0 atom stereocenters. The summed E-state index contributed by atoms with van der Waals surface area (Å²) in [6.45, 7) is 6.25. The van der Waals surface area contributed by atoms with Gasteiger partial charge in [0.15, 0.2) is 5.82 Å². The molecule has 3 rings (SSSR count). The molecule has 0 radical (unpaired) electrons. The van der Waals surface area contributed by atoms with Gasteiger partial charge in [0.25, 0.3) is 0 Å². The first kappa shape index (κ1) is 15.9. The van der Waals surface area contributed by atoms with Gasteiger partial charge in [0, 0.05) is 11.4 Å². The average Bonchev–Trinajstić information content (AvgIpc) is 2.59. The molecule has 5 heteroatoms. The molecule has 0 aliphatic rings. The Labute approximate surface area is 142 Å². The van der Waals surface area contributed by atoms with Gasteiger partial charge in [0.05, 0.1) is 6.20 Å². The van der Waals surface area contributed by atoms with Gasteiger partial charge in [-0.3, -0.25) is 0 Å². The van der Waals surface area contributed by atoms with E-state index in [9.17, 15) is 0 Å². The molecule has 0 aliphatic heterocycles. The van der Waals surface area contributed by atoms with Gasteiger partial charge in [-0.25, -0.2) is 0 Å².